The first-order valence-corrected chi connectivity index (χ1v) is 10.6. The van der Waals surface area contributed by atoms with E-state index in [2.05, 4.69) is 11.4 Å². The van der Waals surface area contributed by atoms with Gasteiger partial charge < -0.3 is 9.88 Å². The van der Waals surface area contributed by atoms with Crippen LogP contribution in [0.5, 0.6) is 0 Å². The van der Waals surface area contributed by atoms with E-state index in [0.29, 0.717) is 0 Å². The van der Waals surface area contributed by atoms with Crippen LogP contribution in [-0.2, 0) is 4.57 Å². The molecule has 3 heteroatoms. The van der Waals surface area contributed by atoms with E-state index >= 15 is 0 Å². The lowest BCUT2D eigenvalue weighted by Crippen LogP contribution is -2.10. The van der Waals surface area contributed by atoms with Crippen LogP contribution in [0.25, 0.3) is 0 Å². The van der Waals surface area contributed by atoms with E-state index in [1.54, 1.807) is 0 Å². The van der Waals surface area contributed by atoms with Crippen LogP contribution < -0.4 is 10.6 Å². The van der Waals surface area contributed by atoms with Crippen LogP contribution in [0.1, 0.15) is 44.9 Å². The monoisotopic (exact) mass is 293 g/mol. The molecule has 0 atom stereocenters. The van der Waals surface area contributed by atoms with E-state index in [4.69, 9.17) is 0 Å². The van der Waals surface area contributed by atoms with Crippen molar-refractivity contribution in [3.8, 4) is 0 Å². The minimum absolute atomic E-state index is 0.900. The number of benzene rings is 1. The molecular formula is C17H28NOP. The van der Waals surface area contributed by atoms with Gasteiger partial charge >= 0.3 is 0 Å². The maximum absolute atomic E-state index is 12.1. The molecule has 1 N–H and O–H groups in total. The molecule has 0 unspecified atom stereocenters. The van der Waals surface area contributed by atoms with E-state index in [0.717, 1.165) is 23.5 Å². The van der Waals surface area contributed by atoms with Crippen LogP contribution in [0.3, 0.4) is 0 Å². The van der Waals surface area contributed by atoms with E-state index in [-0.39, 0.29) is 0 Å². The first-order valence-electron chi connectivity index (χ1n) is 7.95. The van der Waals surface area contributed by atoms with Crippen molar-refractivity contribution < 1.29 is 4.57 Å². The minimum Gasteiger partial charge on any atom is -0.385 e. The zero-order chi connectivity index (χ0) is 14.4. The zero-order valence-corrected chi connectivity index (χ0v) is 13.8. The fourth-order valence-electron chi connectivity index (χ4n) is 3.02. The van der Waals surface area contributed by atoms with Crippen molar-refractivity contribution in [3.05, 3.63) is 24.3 Å². The van der Waals surface area contributed by atoms with Crippen LogP contribution in [0.4, 0.5) is 5.69 Å². The maximum Gasteiger partial charge on any atom is 0.109 e. The SMILES string of the molecule is CP(C)(=O)c1cccc(NCCC2CCCCCC2)c1. The molecule has 1 aromatic carbocycles. The fraction of sp³-hybridized carbons (Fsp3) is 0.647. The van der Waals surface area contributed by atoms with E-state index < -0.39 is 7.14 Å². The van der Waals surface area contributed by atoms with Gasteiger partial charge in [0, 0.05) is 17.5 Å². The third kappa shape index (κ3) is 4.98. The highest BCUT2D eigenvalue weighted by Gasteiger charge is 2.13. The molecular weight excluding hydrogens is 265 g/mol. The molecule has 20 heavy (non-hydrogen) atoms. The molecule has 0 radical (unpaired) electrons. The quantitative estimate of drug-likeness (QED) is 0.629. The van der Waals surface area contributed by atoms with Crippen LogP contribution >= 0.6 is 7.14 Å². The summed E-state index contributed by atoms with van der Waals surface area (Å²) in [5, 5.41) is 4.47. The molecule has 112 valence electrons. The smallest absolute Gasteiger partial charge is 0.109 e. The Morgan fingerprint density at radius 1 is 1.15 bits per heavy atom. The molecule has 1 aliphatic rings. The Kier molecular flexibility index (Phi) is 5.72. The molecule has 0 aliphatic heterocycles. The second kappa shape index (κ2) is 7.31. The van der Waals surface area contributed by atoms with Crippen molar-refractivity contribution in [2.75, 3.05) is 25.2 Å². The largest absolute Gasteiger partial charge is 0.385 e. The third-order valence-corrected chi connectivity index (χ3v) is 5.85. The lowest BCUT2D eigenvalue weighted by molar-refractivity contribution is 0.439. The van der Waals surface area contributed by atoms with Crippen LogP contribution in [0.2, 0.25) is 0 Å². The highest BCUT2D eigenvalue weighted by Crippen LogP contribution is 2.35. The summed E-state index contributed by atoms with van der Waals surface area (Å²) in [6, 6.07) is 8.10. The van der Waals surface area contributed by atoms with Gasteiger partial charge in [-0.2, -0.15) is 0 Å². The molecule has 0 saturated heterocycles. The Balaban J connectivity index is 1.83. The molecule has 2 nitrogen and oxygen atoms in total. The number of nitrogens with one attached hydrogen (secondary N) is 1. The Morgan fingerprint density at radius 2 is 1.85 bits per heavy atom. The Labute approximate surface area is 123 Å². The van der Waals surface area contributed by atoms with Gasteiger partial charge in [0.1, 0.15) is 7.14 Å². The second-order valence-electron chi connectivity index (χ2n) is 6.47. The molecule has 1 saturated carbocycles. The zero-order valence-electron chi connectivity index (χ0n) is 12.9. The van der Waals surface area contributed by atoms with Gasteiger partial charge in [-0.3, -0.25) is 0 Å². The summed E-state index contributed by atoms with van der Waals surface area (Å²) in [6.45, 7) is 4.70. The van der Waals surface area contributed by atoms with Gasteiger partial charge in [-0.05, 0) is 37.8 Å². The Bertz CT molecular complexity index is 458. The predicted octanol–water partition coefficient (Wildman–Crippen LogP) is 4.71. The molecule has 1 aromatic rings. The van der Waals surface area contributed by atoms with E-state index in [1.165, 1.54) is 44.9 Å². The van der Waals surface area contributed by atoms with Crippen molar-refractivity contribution in [2.45, 2.75) is 44.9 Å². The van der Waals surface area contributed by atoms with Gasteiger partial charge in [0.15, 0.2) is 0 Å². The molecule has 0 spiro atoms. The standard InChI is InChI=1S/C17H28NOP/c1-20(2,19)17-11-7-10-16(14-17)18-13-12-15-8-5-3-4-6-9-15/h7,10-11,14-15,18H,3-6,8-9,12-13H2,1-2H3. The van der Waals surface area contributed by atoms with Crippen molar-refractivity contribution in [2.24, 2.45) is 5.92 Å². The molecule has 0 aromatic heterocycles. The van der Waals surface area contributed by atoms with Gasteiger partial charge in [0.25, 0.3) is 0 Å². The summed E-state index contributed by atoms with van der Waals surface area (Å²) in [5.74, 6) is 0.900. The van der Waals surface area contributed by atoms with Gasteiger partial charge in [0.05, 0.1) is 0 Å². The molecule has 0 bridgehead atoms. The number of hydrogen-bond donors (Lipinski definition) is 1. The van der Waals surface area contributed by atoms with Crippen LogP contribution in [-0.4, -0.2) is 19.9 Å². The summed E-state index contributed by atoms with van der Waals surface area (Å²) < 4.78 is 12.1. The first kappa shape index (κ1) is 15.6. The summed E-state index contributed by atoms with van der Waals surface area (Å²) in [7, 11) is -2.15. The van der Waals surface area contributed by atoms with Crippen molar-refractivity contribution in [1.29, 1.82) is 0 Å². The van der Waals surface area contributed by atoms with Crippen molar-refractivity contribution in [1.82, 2.24) is 0 Å². The lowest BCUT2D eigenvalue weighted by atomic mass is 9.97. The molecule has 0 amide bonds. The molecule has 2 rings (SSSR count). The Morgan fingerprint density at radius 3 is 2.50 bits per heavy atom. The highest BCUT2D eigenvalue weighted by molar-refractivity contribution is 7.70. The second-order valence-corrected chi connectivity index (χ2v) is 9.69. The Hall–Kier alpha value is -0.750. The van der Waals surface area contributed by atoms with Crippen LogP contribution in [0, 0.1) is 5.92 Å². The average Bonchev–Trinajstić information content (AvgIpc) is 2.67. The summed E-state index contributed by atoms with van der Waals surface area (Å²) in [5.41, 5.74) is 1.11. The normalized spacial score (nSPS) is 17.7. The predicted molar refractivity (Wildman–Crippen MR) is 89.8 cm³/mol. The van der Waals surface area contributed by atoms with Gasteiger partial charge in [-0.15, -0.1) is 0 Å². The summed E-state index contributed by atoms with van der Waals surface area (Å²) in [6.07, 6.45) is 9.74. The van der Waals surface area contributed by atoms with Gasteiger partial charge in [-0.1, -0.05) is 50.7 Å². The lowest BCUT2D eigenvalue weighted by Gasteiger charge is -2.15. The number of hydrogen-bond acceptors (Lipinski definition) is 2. The number of anilines is 1. The average molecular weight is 293 g/mol. The first-order chi connectivity index (χ1) is 9.55. The maximum atomic E-state index is 12.1. The topological polar surface area (TPSA) is 29.1 Å². The third-order valence-electron chi connectivity index (χ3n) is 4.32. The van der Waals surface area contributed by atoms with Gasteiger partial charge in [0.2, 0.25) is 0 Å². The minimum atomic E-state index is -2.15. The number of rotatable bonds is 5. The van der Waals surface area contributed by atoms with E-state index in [1.807, 2.05) is 31.5 Å². The highest BCUT2D eigenvalue weighted by atomic mass is 31.2. The molecule has 1 aliphatic carbocycles. The van der Waals surface area contributed by atoms with Crippen molar-refractivity contribution in [3.63, 3.8) is 0 Å². The molecule has 1 fully saturated rings. The molecule has 0 heterocycles. The summed E-state index contributed by atoms with van der Waals surface area (Å²) in [4.78, 5) is 0. The van der Waals surface area contributed by atoms with Crippen molar-refractivity contribution >= 4 is 18.1 Å². The van der Waals surface area contributed by atoms with Gasteiger partial charge in [-0.25, -0.2) is 0 Å². The van der Waals surface area contributed by atoms with Crippen LogP contribution in [0.15, 0.2) is 24.3 Å². The van der Waals surface area contributed by atoms with E-state index in [9.17, 15) is 4.57 Å². The fourth-order valence-corrected chi connectivity index (χ4v) is 3.92. The summed E-state index contributed by atoms with van der Waals surface area (Å²) >= 11 is 0.